The number of rotatable bonds is 3. The van der Waals surface area contributed by atoms with Crippen LogP contribution in [0.15, 0.2) is 30.5 Å². The molecule has 0 atom stereocenters. The third-order valence-electron chi connectivity index (χ3n) is 4.56. The molecular formula is C19H20N4O. The number of nitrogens with one attached hydrogen (secondary N) is 1. The number of nitrogens with zero attached hydrogens (tertiary/aromatic N) is 3. The SMILES string of the molecule is CC(=O)Nc1cc(C)c2nc(-c3ccnn3C)cc(C3CC3)c2c1. The van der Waals surface area contributed by atoms with E-state index in [4.69, 9.17) is 4.98 Å². The highest BCUT2D eigenvalue weighted by molar-refractivity contribution is 5.95. The first-order valence-electron chi connectivity index (χ1n) is 8.24. The van der Waals surface area contributed by atoms with Crippen LogP contribution in [0, 0.1) is 6.92 Å². The topological polar surface area (TPSA) is 59.8 Å². The van der Waals surface area contributed by atoms with Crippen molar-refractivity contribution in [3.63, 3.8) is 0 Å². The van der Waals surface area contributed by atoms with E-state index in [0.29, 0.717) is 5.92 Å². The average molecular weight is 320 g/mol. The zero-order chi connectivity index (χ0) is 16.8. The first kappa shape index (κ1) is 14.9. The highest BCUT2D eigenvalue weighted by Crippen LogP contribution is 2.44. The monoisotopic (exact) mass is 320 g/mol. The fourth-order valence-corrected chi connectivity index (χ4v) is 3.29. The number of amides is 1. The van der Waals surface area contributed by atoms with E-state index in [-0.39, 0.29) is 5.91 Å². The molecule has 0 aliphatic heterocycles. The standard InChI is InChI=1S/C19H20N4O/c1-11-8-14(21-12(2)24)9-16-15(13-4-5-13)10-17(22-19(11)16)18-6-7-20-23(18)3/h6-10,13H,4-5H2,1-3H3,(H,21,24). The zero-order valence-corrected chi connectivity index (χ0v) is 14.1. The Morgan fingerprint density at radius 3 is 2.71 bits per heavy atom. The Morgan fingerprint density at radius 2 is 2.08 bits per heavy atom. The molecule has 3 aromatic rings. The fourth-order valence-electron chi connectivity index (χ4n) is 3.29. The largest absolute Gasteiger partial charge is 0.326 e. The van der Waals surface area contributed by atoms with Crippen LogP contribution >= 0.6 is 0 Å². The van der Waals surface area contributed by atoms with Crippen LogP contribution in [-0.2, 0) is 11.8 Å². The Morgan fingerprint density at radius 1 is 1.29 bits per heavy atom. The second kappa shape index (κ2) is 5.44. The summed E-state index contributed by atoms with van der Waals surface area (Å²) < 4.78 is 1.85. The molecule has 0 saturated heterocycles. The summed E-state index contributed by atoms with van der Waals surface area (Å²) in [6.45, 7) is 3.58. The Labute approximate surface area is 140 Å². The van der Waals surface area contributed by atoms with E-state index in [1.807, 2.05) is 30.8 Å². The molecule has 5 heteroatoms. The van der Waals surface area contributed by atoms with Crippen LogP contribution in [0.5, 0.6) is 0 Å². The van der Waals surface area contributed by atoms with Crippen molar-refractivity contribution in [1.29, 1.82) is 0 Å². The number of aromatic nitrogens is 3. The number of aryl methyl sites for hydroxylation is 2. The Balaban J connectivity index is 1.96. The van der Waals surface area contributed by atoms with Gasteiger partial charge in [-0.2, -0.15) is 5.10 Å². The van der Waals surface area contributed by atoms with Gasteiger partial charge in [-0.15, -0.1) is 0 Å². The van der Waals surface area contributed by atoms with Gasteiger partial charge in [0.05, 0.1) is 16.9 Å². The van der Waals surface area contributed by atoms with Crippen molar-refractivity contribution in [2.75, 3.05) is 5.32 Å². The van der Waals surface area contributed by atoms with E-state index in [0.717, 1.165) is 33.5 Å². The van der Waals surface area contributed by atoms with E-state index in [2.05, 4.69) is 22.5 Å². The molecule has 1 N–H and O–H groups in total. The smallest absolute Gasteiger partial charge is 0.221 e. The van der Waals surface area contributed by atoms with E-state index in [1.165, 1.54) is 25.3 Å². The number of anilines is 1. The summed E-state index contributed by atoms with van der Waals surface area (Å²) in [6, 6.07) is 8.22. The normalized spacial score (nSPS) is 14.1. The van der Waals surface area contributed by atoms with Gasteiger partial charge in [0.2, 0.25) is 5.91 Å². The van der Waals surface area contributed by atoms with E-state index in [9.17, 15) is 4.79 Å². The molecule has 0 unspecified atom stereocenters. The quantitative estimate of drug-likeness (QED) is 0.799. The summed E-state index contributed by atoms with van der Waals surface area (Å²) in [6.07, 6.45) is 4.23. The molecule has 122 valence electrons. The minimum absolute atomic E-state index is 0.0545. The van der Waals surface area contributed by atoms with E-state index in [1.54, 1.807) is 6.20 Å². The summed E-state index contributed by atoms with van der Waals surface area (Å²) in [5, 5.41) is 8.30. The number of fused-ring (bicyclic) bond motifs is 1. The molecule has 0 bridgehead atoms. The second-order valence-corrected chi connectivity index (χ2v) is 6.58. The Hall–Kier alpha value is -2.69. The average Bonchev–Trinajstić information content (AvgIpc) is 3.27. The molecule has 5 nitrogen and oxygen atoms in total. The molecule has 0 spiro atoms. The van der Waals surface area contributed by atoms with Crippen LogP contribution in [0.25, 0.3) is 22.3 Å². The highest BCUT2D eigenvalue weighted by Gasteiger charge is 2.27. The molecule has 1 amide bonds. The van der Waals surface area contributed by atoms with Crippen molar-refractivity contribution in [2.45, 2.75) is 32.6 Å². The van der Waals surface area contributed by atoms with Crippen LogP contribution in [0.3, 0.4) is 0 Å². The van der Waals surface area contributed by atoms with Gasteiger partial charge in [0.15, 0.2) is 0 Å². The molecule has 0 radical (unpaired) electrons. The molecule has 1 saturated carbocycles. The van der Waals surface area contributed by atoms with Gasteiger partial charge in [-0.05, 0) is 61.1 Å². The van der Waals surface area contributed by atoms with Crippen LogP contribution in [0.1, 0.15) is 36.8 Å². The number of benzene rings is 1. The van der Waals surface area contributed by atoms with Crippen molar-refractivity contribution in [2.24, 2.45) is 7.05 Å². The van der Waals surface area contributed by atoms with Gasteiger partial charge in [0.1, 0.15) is 0 Å². The first-order chi connectivity index (χ1) is 11.5. The molecule has 1 aliphatic carbocycles. The summed E-state index contributed by atoms with van der Waals surface area (Å²) in [5.74, 6) is 0.538. The van der Waals surface area contributed by atoms with Gasteiger partial charge >= 0.3 is 0 Å². The molecule has 1 fully saturated rings. The van der Waals surface area contributed by atoms with Crippen LogP contribution in [-0.4, -0.2) is 20.7 Å². The first-order valence-corrected chi connectivity index (χ1v) is 8.24. The van der Waals surface area contributed by atoms with Crippen molar-refractivity contribution in [3.05, 3.63) is 41.6 Å². The number of carbonyl (C=O) groups is 1. The van der Waals surface area contributed by atoms with Crippen molar-refractivity contribution >= 4 is 22.5 Å². The number of carbonyl (C=O) groups excluding carboxylic acids is 1. The third-order valence-corrected chi connectivity index (χ3v) is 4.56. The molecule has 1 aromatic carbocycles. The molecule has 2 heterocycles. The van der Waals surface area contributed by atoms with Crippen LogP contribution in [0.4, 0.5) is 5.69 Å². The van der Waals surface area contributed by atoms with Gasteiger partial charge in [-0.3, -0.25) is 9.48 Å². The van der Waals surface area contributed by atoms with Crippen molar-refractivity contribution in [1.82, 2.24) is 14.8 Å². The minimum Gasteiger partial charge on any atom is -0.326 e. The molecule has 2 aromatic heterocycles. The molecule has 1 aliphatic rings. The van der Waals surface area contributed by atoms with Crippen molar-refractivity contribution in [3.8, 4) is 11.4 Å². The van der Waals surface area contributed by atoms with Crippen LogP contribution < -0.4 is 5.32 Å². The zero-order valence-electron chi connectivity index (χ0n) is 14.1. The molecule has 4 rings (SSSR count). The second-order valence-electron chi connectivity index (χ2n) is 6.58. The molecule has 24 heavy (non-hydrogen) atoms. The Bertz CT molecular complexity index is 953. The lowest BCUT2D eigenvalue weighted by Crippen LogP contribution is -2.06. The maximum atomic E-state index is 11.4. The summed E-state index contributed by atoms with van der Waals surface area (Å²) in [5.41, 5.74) is 6.21. The van der Waals surface area contributed by atoms with Gasteiger partial charge in [-0.1, -0.05) is 0 Å². The Kier molecular flexibility index (Phi) is 3.37. The van der Waals surface area contributed by atoms with Crippen LogP contribution in [0.2, 0.25) is 0 Å². The molecular weight excluding hydrogens is 300 g/mol. The lowest BCUT2D eigenvalue weighted by molar-refractivity contribution is -0.114. The predicted molar refractivity (Wildman–Crippen MR) is 95.0 cm³/mol. The lowest BCUT2D eigenvalue weighted by atomic mass is 9.99. The van der Waals surface area contributed by atoms with Crippen molar-refractivity contribution < 1.29 is 4.79 Å². The maximum Gasteiger partial charge on any atom is 0.221 e. The van der Waals surface area contributed by atoms with E-state index < -0.39 is 0 Å². The van der Waals surface area contributed by atoms with Gasteiger partial charge in [-0.25, -0.2) is 4.98 Å². The van der Waals surface area contributed by atoms with Gasteiger partial charge < -0.3 is 5.32 Å². The number of pyridine rings is 1. The number of hydrogen-bond donors (Lipinski definition) is 1. The summed E-state index contributed by atoms with van der Waals surface area (Å²) >= 11 is 0. The number of hydrogen-bond acceptors (Lipinski definition) is 3. The highest BCUT2D eigenvalue weighted by atomic mass is 16.1. The lowest BCUT2D eigenvalue weighted by Gasteiger charge is -2.13. The minimum atomic E-state index is -0.0545. The predicted octanol–water partition coefficient (Wildman–Crippen LogP) is 3.78. The summed E-state index contributed by atoms with van der Waals surface area (Å²) in [4.78, 5) is 16.3. The maximum absolute atomic E-state index is 11.4. The van der Waals surface area contributed by atoms with E-state index >= 15 is 0 Å². The van der Waals surface area contributed by atoms with Gasteiger partial charge in [0.25, 0.3) is 0 Å². The van der Waals surface area contributed by atoms with Gasteiger partial charge in [0, 0.05) is 31.2 Å². The third kappa shape index (κ3) is 2.56. The fraction of sp³-hybridized carbons (Fsp3) is 0.316. The summed E-state index contributed by atoms with van der Waals surface area (Å²) in [7, 11) is 1.94.